The first-order chi connectivity index (χ1) is 15.7. The lowest BCUT2D eigenvalue weighted by molar-refractivity contribution is -0.131. The number of benzene rings is 2. The number of ether oxygens (including phenoxy) is 2. The van der Waals surface area contributed by atoms with Crippen LogP contribution in [0.5, 0.6) is 11.5 Å². The average molecular weight is 434 g/mol. The molecule has 0 saturated heterocycles. The summed E-state index contributed by atoms with van der Waals surface area (Å²) in [7, 11) is 0. The Kier molecular flexibility index (Phi) is 5.55. The third-order valence-electron chi connectivity index (χ3n) is 6.10. The normalized spacial score (nSPS) is 15.0. The second-order valence-electron chi connectivity index (χ2n) is 8.30. The largest absolute Gasteiger partial charge is 0.486 e. The molecule has 166 valence electrons. The van der Waals surface area contributed by atoms with Crippen LogP contribution in [0.3, 0.4) is 0 Å². The van der Waals surface area contributed by atoms with Gasteiger partial charge in [-0.2, -0.15) is 0 Å². The average Bonchev–Trinajstić information content (AvgIpc) is 3.66. The Balaban J connectivity index is 1.35. The molecule has 2 aromatic carbocycles. The van der Waals surface area contributed by atoms with Gasteiger partial charge in [0, 0.05) is 37.5 Å². The van der Waals surface area contributed by atoms with Crippen molar-refractivity contribution in [2.24, 2.45) is 0 Å². The summed E-state index contributed by atoms with van der Waals surface area (Å²) in [5, 5.41) is 0.640. The number of amides is 1. The van der Waals surface area contributed by atoms with Gasteiger partial charge in [0.05, 0.1) is 10.9 Å². The van der Waals surface area contributed by atoms with Gasteiger partial charge in [-0.25, -0.2) is 4.98 Å². The highest BCUT2D eigenvalue weighted by atomic mass is 16.6. The number of para-hydroxylation sites is 2. The maximum Gasteiger partial charge on any atom is 0.261 e. The monoisotopic (exact) mass is 433 g/mol. The molecule has 0 unspecified atom stereocenters. The van der Waals surface area contributed by atoms with E-state index in [1.165, 1.54) is 0 Å². The van der Waals surface area contributed by atoms with E-state index in [0.29, 0.717) is 55.9 Å². The van der Waals surface area contributed by atoms with Crippen molar-refractivity contribution in [2.75, 3.05) is 19.8 Å². The zero-order valence-electron chi connectivity index (χ0n) is 18.3. The second-order valence-corrected chi connectivity index (χ2v) is 8.30. The lowest BCUT2D eigenvalue weighted by Crippen LogP contribution is -2.32. The summed E-state index contributed by atoms with van der Waals surface area (Å²) in [6, 6.07) is 13.4. The second kappa shape index (κ2) is 8.65. The number of carbonyl (C=O) groups is 1. The Hall–Kier alpha value is -3.35. The first kappa shape index (κ1) is 20.5. The zero-order chi connectivity index (χ0) is 22.1. The lowest BCUT2D eigenvalue weighted by Gasteiger charge is -2.25. The topological polar surface area (TPSA) is 73.7 Å². The van der Waals surface area contributed by atoms with Gasteiger partial charge in [0.15, 0.2) is 11.5 Å². The SMILES string of the molecule is CCN(Cc1cccc2c1OCCO2)C(=O)CCc1nc2ccccc2c(=O)n1C1CC1. The van der Waals surface area contributed by atoms with Crippen LogP contribution in [0.15, 0.2) is 47.3 Å². The van der Waals surface area contributed by atoms with Crippen LogP contribution in [0.25, 0.3) is 10.9 Å². The first-order valence-corrected chi connectivity index (χ1v) is 11.3. The Morgan fingerprint density at radius 2 is 1.94 bits per heavy atom. The van der Waals surface area contributed by atoms with Crippen molar-refractivity contribution < 1.29 is 14.3 Å². The Bertz CT molecular complexity index is 1220. The number of carbonyl (C=O) groups excluding carboxylic acids is 1. The minimum Gasteiger partial charge on any atom is -0.486 e. The van der Waals surface area contributed by atoms with E-state index in [1.807, 2.05) is 58.9 Å². The summed E-state index contributed by atoms with van der Waals surface area (Å²) in [5.74, 6) is 2.19. The molecule has 0 spiro atoms. The van der Waals surface area contributed by atoms with Crippen molar-refractivity contribution in [1.82, 2.24) is 14.5 Å². The van der Waals surface area contributed by atoms with Crippen molar-refractivity contribution in [3.63, 3.8) is 0 Å². The molecular formula is C25H27N3O4. The van der Waals surface area contributed by atoms with Crippen molar-refractivity contribution in [1.29, 1.82) is 0 Å². The number of aromatic nitrogens is 2. The number of fused-ring (bicyclic) bond motifs is 2. The summed E-state index contributed by atoms with van der Waals surface area (Å²) in [6.07, 6.45) is 2.72. The lowest BCUT2D eigenvalue weighted by atomic mass is 10.1. The van der Waals surface area contributed by atoms with Crippen LogP contribution in [0, 0.1) is 0 Å². The fourth-order valence-corrected chi connectivity index (χ4v) is 4.29. The molecule has 1 fully saturated rings. The van der Waals surface area contributed by atoms with Crippen LogP contribution in [-0.2, 0) is 17.8 Å². The third kappa shape index (κ3) is 3.95. The summed E-state index contributed by atoms with van der Waals surface area (Å²) < 4.78 is 13.3. The molecule has 1 aromatic heterocycles. The van der Waals surface area contributed by atoms with Gasteiger partial charge in [-0.3, -0.25) is 14.2 Å². The van der Waals surface area contributed by atoms with Crippen molar-refractivity contribution >= 4 is 16.8 Å². The predicted octanol–water partition coefficient (Wildman–Crippen LogP) is 3.48. The van der Waals surface area contributed by atoms with E-state index < -0.39 is 0 Å². The number of aryl methyl sites for hydroxylation is 1. The van der Waals surface area contributed by atoms with Gasteiger partial charge >= 0.3 is 0 Å². The smallest absolute Gasteiger partial charge is 0.261 e. The quantitative estimate of drug-likeness (QED) is 0.570. The molecule has 1 aliphatic heterocycles. The molecule has 7 heteroatoms. The van der Waals surface area contributed by atoms with E-state index in [-0.39, 0.29) is 17.5 Å². The van der Waals surface area contributed by atoms with E-state index in [9.17, 15) is 9.59 Å². The molecule has 1 aliphatic carbocycles. The summed E-state index contributed by atoms with van der Waals surface area (Å²) in [5.41, 5.74) is 1.63. The summed E-state index contributed by atoms with van der Waals surface area (Å²) in [6.45, 7) is 4.07. The fraction of sp³-hybridized carbons (Fsp3) is 0.400. The Morgan fingerprint density at radius 3 is 2.75 bits per heavy atom. The van der Waals surface area contributed by atoms with Gasteiger partial charge < -0.3 is 14.4 Å². The molecular weight excluding hydrogens is 406 g/mol. The first-order valence-electron chi connectivity index (χ1n) is 11.3. The van der Waals surface area contributed by atoms with Crippen LogP contribution in [-0.4, -0.2) is 40.1 Å². The maximum absolute atomic E-state index is 13.1. The third-order valence-corrected chi connectivity index (χ3v) is 6.10. The van der Waals surface area contributed by atoms with Crippen molar-refractivity contribution in [3.05, 3.63) is 64.2 Å². The van der Waals surface area contributed by atoms with Crippen LogP contribution in [0.1, 0.15) is 43.6 Å². The van der Waals surface area contributed by atoms with Crippen molar-refractivity contribution in [3.8, 4) is 11.5 Å². The van der Waals surface area contributed by atoms with Crippen LogP contribution < -0.4 is 15.0 Å². The van der Waals surface area contributed by atoms with E-state index in [2.05, 4.69) is 0 Å². The maximum atomic E-state index is 13.1. The minimum absolute atomic E-state index is 0.000888. The molecule has 0 bridgehead atoms. The van der Waals surface area contributed by atoms with Gasteiger partial charge in [0.2, 0.25) is 5.91 Å². The predicted molar refractivity (Wildman–Crippen MR) is 121 cm³/mol. The van der Waals surface area contributed by atoms with Gasteiger partial charge in [-0.05, 0) is 38.0 Å². The number of nitrogens with zero attached hydrogens (tertiary/aromatic N) is 3. The van der Waals surface area contributed by atoms with Gasteiger partial charge in [-0.1, -0.05) is 24.3 Å². The van der Waals surface area contributed by atoms with Gasteiger partial charge in [0.1, 0.15) is 19.0 Å². The zero-order valence-corrected chi connectivity index (χ0v) is 18.3. The highest BCUT2D eigenvalue weighted by molar-refractivity contribution is 5.78. The highest BCUT2D eigenvalue weighted by Crippen LogP contribution is 2.35. The number of rotatable bonds is 7. The Morgan fingerprint density at radius 1 is 1.12 bits per heavy atom. The van der Waals surface area contributed by atoms with E-state index in [4.69, 9.17) is 14.5 Å². The molecule has 7 nitrogen and oxygen atoms in total. The number of hydrogen-bond donors (Lipinski definition) is 0. The molecule has 2 heterocycles. The molecule has 0 N–H and O–H groups in total. The molecule has 32 heavy (non-hydrogen) atoms. The molecule has 0 radical (unpaired) electrons. The standard InChI is InChI=1S/C25H27N3O4/c1-2-27(16-17-6-5-9-21-24(17)32-15-14-31-21)23(29)13-12-22-26-20-8-4-3-7-19(20)25(30)28(22)18-10-11-18/h3-9,18H,2,10-16H2,1H3. The van der Waals surface area contributed by atoms with Crippen LogP contribution in [0.2, 0.25) is 0 Å². The number of hydrogen-bond acceptors (Lipinski definition) is 5. The van der Waals surface area contributed by atoms with E-state index >= 15 is 0 Å². The van der Waals surface area contributed by atoms with Gasteiger partial charge in [-0.15, -0.1) is 0 Å². The van der Waals surface area contributed by atoms with Crippen molar-refractivity contribution in [2.45, 2.75) is 45.2 Å². The van der Waals surface area contributed by atoms with Crippen LogP contribution in [0.4, 0.5) is 0 Å². The molecule has 1 saturated carbocycles. The molecule has 5 rings (SSSR count). The molecule has 1 amide bonds. The fourth-order valence-electron chi connectivity index (χ4n) is 4.29. The minimum atomic E-state index is 0.000888. The molecule has 3 aromatic rings. The Labute approximate surface area is 186 Å². The molecule has 2 aliphatic rings. The van der Waals surface area contributed by atoms with E-state index in [1.54, 1.807) is 0 Å². The van der Waals surface area contributed by atoms with Crippen LogP contribution >= 0.6 is 0 Å². The highest BCUT2D eigenvalue weighted by Gasteiger charge is 2.28. The summed E-state index contributed by atoms with van der Waals surface area (Å²) >= 11 is 0. The van der Waals surface area contributed by atoms with E-state index in [0.717, 1.165) is 29.9 Å². The van der Waals surface area contributed by atoms with Gasteiger partial charge in [0.25, 0.3) is 5.56 Å². The molecule has 0 atom stereocenters. The summed E-state index contributed by atoms with van der Waals surface area (Å²) in [4.78, 5) is 32.7.